The van der Waals surface area contributed by atoms with Gasteiger partial charge in [-0.3, -0.25) is 0 Å². The van der Waals surface area contributed by atoms with E-state index in [0.29, 0.717) is 0 Å². The zero-order chi connectivity index (χ0) is 14.9. The molecule has 0 radical (unpaired) electrons. The smallest absolute Gasteiger partial charge is 0.0492 e. The van der Waals surface area contributed by atoms with Gasteiger partial charge in [0.15, 0.2) is 0 Å². The Morgan fingerprint density at radius 1 is 1.14 bits per heavy atom. The topological polar surface area (TPSA) is 12.0 Å². The molecular weight excluding hydrogens is 286 g/mol. The van der Waals surface area contributed by atoms with Crippen molar-refractivity contribution in [1.29, 1.82) is 0 Å². The maximum absolute atomic E-state index is 3.58. The summed E-state index contributed by atoms with van der Waals surface area (Å²) >= 11 is 1.85. The number of fused-ring (bicyclic) bond motifs is 1. The van der Waals surface area contributed by atoms with Gasteiger partial charge < -0.3 is 5.32 Å². The molecule has 0 amide bonds. The van der Waals surface area contributed by atoms with Gasteiger partial charge in [-0.05, 0) is 60.1 Å². The van der Waals surface area contributed by atoms with Gasteiger partial charge in [-0.2, -0.15) is 0 Å². The van der Waals surface area contributed by atoms with Crippen molar-refractivity contribution in [2.75, 3.05) is 6.54 Å². The maximum Gasteiger partial charge on any atom is 0.0492 e. The minimum absolute atomic E-state index is 0.907. The molecule has 1 aromatic heterocycles. The van der Waals surface area contributed by atoms with E-state index in [1.807, 2.05) is 11.3 Å². The van der Waals surface area contributed by atoms with Gasteiger partial charge in [0, 0.05) is 22.7 Å². The Bertz CT molecular complexity index is 805. The van der Waals surface area contributed by atoms with Gasteiger partial charge in [0.05, 0.1) is 0 Å². The van der Waals surface area contributed by atoms with E-state index in [1.54, 1.807) is 0 Å². The van der Waals surface area contributed by atoms with Gasteiger partial charge in [-0.1, -0.05) is 35.9 Å². The second-order valence-corrected chi connectivity index (χ2v) is 6.87. The first-order chi connectivity index (χ1) is 10.8. The number of thiophene rings is 1. The Balaban J connectivity index is 1.82. The highest BCUT2D eigenvalue weighted by atomic mass is 32.1. The van der Waals surface area contributed by atoms with Crippen LogP contribution in [0.2, 0.25) is 0 Å². The standard InChI is InChI=1S/C20H19NS/c1-14-4-2-5-17(12-14)20-18(6-3-10-21-20)16-8-7-15-9-11-22-19(15)13-16/h2-6,9,11-13,21H,7-8,10H2,1H3. The molecule has 0 atom stereocenters. The van der Waals surface area contributed by atoms with Gasteiger partial charge in [0.25, 0.3) is 0 Å². The Morgan fingerprint density at radius 2 is 2.09 bits per heavy atom. The second kappa shape index (κ2) is 5.62. The maximum atomic E-state index is 3.58. The number of hydrogen-bond acceptors (Lipinski definition) is 2. The zero-order valence-electron chi connectivity index (χ0n) is 12.7. The molecule has 4 rings (SSSR count). The molecule has 2 aliphatic rings. The summed E-state index contributed by atoms with van der Waals surface area (Å²) in [5.41, 5.74) is 8.18. The molecule has 2 heteroatoms. The fourth-order valence-electron chi connectivity index (χ4n) is 3.23. The molecule has 0 unspecified atom stereocenters. The molecule has 0 saturated carbocycles. The highest BCUT2D eigenvalue weighted by Gasteiger charge is 2.18. The van der Waals surface area contributed by atoms with Crippen LogP contribution >= 0.6 is 11.3 Å². The van der Waals surface area contributed by atoms with Crippen LogP contribution in [0.15, 0.2) is 59.0 Å². The first-order valence-electron chi connectivity index (χ1n) is 7.80. The van der Waals surface area contributed by atoms with Crippen LogP contribution in [0.5, 0.6) is 0 Å². The van der Waals surface area contributed by atoms with Gasteiger partial charge in [-0.15, -0.1) is 11.3 Å². The summed E-state index contributed by atoms with van der Waals surface area (Å²) in [6.45, 7) is 3.06. The summed E-state index contributed by atoms with van der Waals surface area (Å²) in [6, 6.07) is 11.0. The molecule has 1 nitrogen and oxygen atoms in total. The highest BCUT2D eigenvalue weighted by molar-refractivity contribution is 7.11. The van der Waals surface area contributed by atoms with E-state index in [9.17, 15) is 0 Å². The fourth-order valence-corrected chi connectivity index (χ4v) is 4.15. The van der Waals surface area contributed by atoms with Crippen molar-refractivity contribution in [2.24, 2.45) is 0 Å². The Morgan fingerprint density at radius 3 is 3.00 bits per heavy atom. The third-order valence-corrected chi connectivity index (χ3v) is 5.26. The quantitative estimate of drug-likeness (QED) is 0.827. The first-order valence-corrected chi connectivity index (χ1v) is 8.68. The van der Waals surface area contributed by atoms with Crippen LogP contribution < -0.4 is 5.32 Å². The van der Waals surface area contributed by atoms with E-state index in [4.69, 9.17) is 0 Å². The summed E-state index contributed by atoms with van der Waals surface area (Å²) < 4.78 is 0. The molecular formula is C20H19NS. The predicted octanol–water partition coefficient (Wildman–Crippen LogP) is 4.96. The normalized spacial score (nSPS) is 17.0. The molecule has 0 saturated heterocycles. The predicted molar refractivity (Wildman–Crippen MR) is 95.9 cm³/mol. The lowest BCUT2D eigenvalue weighted by atomic mass is 9.89. The molecule has 0 fully saturated rings. The van der Waals surface area contributed by atoms with Crippen molar-refractivity contribution in [1.82, 2.24) is 5.32 Å². The summed E-state index contributed by atoms with van der Waals surface area (Å²) in [5.74, 6) is 0. The van der Waals surface area contributed by atoms with Crippen molar-refractivity contribution in [3.8, 4) is 0 Å². The highest BCUT2D eigenvalue weighted by Crippen LogP contribution is 2.35. The molecule has 2 heterocycles. The van der Waals surface area contributed by atoms with E-state index in [1.165, 1.54) is 38.4 Å². The van der Waals surface area contributed by atoms with E-state index < -0.39 is 0 Å². The van der Waals surface area contributed by atoms with Crippen molar-refractivity contribution < 1.29 is 0 Å². The van der Waals surface area contributed by atoms with Crippen LogP contribution in [0, 0.1) is 6.92 Å². The van der Waals surface area contributed by atoms with Crippen molar-refractivity contribution in [2.45, 2.75) is 19.8 Å². The summed E-state index contributed by atoms with van der Waals surface area (Å²) in [7, 11) is 0. The molecule has 0 bridgehead atoms. The van der Waals surface area contributed by atoms with Crippen LogP contribution in [0.3, 0.4) is 0 Å². The fraction of sp³-hybridized carbons (Fsp3) is 0.200. The molecule has 110 valence electrons. The molecule has 1 aliphatic heterocycles. The van der Waals surface area contributed by atoms with Crippen LogP contribution in [0.1, 0.15) is 28.0 Å². The SMILES string of the molecule is Cc1cccc(C2=C(C3=Cc4sccc4CC3)C=CCN2)c1. The number of benzene rings is 1. The van der Waals surface area contributed by atoms with Crippen LogP contribution in [0.4, 0.5) is 0 Å². The monoisotopic (exact) mass is 305 g/mol. The number of nitrogens with one attached hydrogen (secondary N) is 1. The molecule has 2 aromatic rings. The van der Waals surface area contributed by atoms with Crippen molar-refractivity contribution in [3.63, 3.8) is 0 Å². The Kier molecular flexibility index (Phi) is 3.47. The molecule has 22 heavy (non-hydrogen) atoms. The second-order valence-electron chi connectivity index (χ2n) is 5.92. The van der Waals surface area contributed by atoms with Crippen molar-refractivity contribution in [3.05, 3.63) is 80.6 Å². The van der Waals surface area contributed by atoms with Crippen LogP contribution in [-0.2, 0) is 6.42 Å². The first kappa shape index (κ1) is 13.6. The third-order valence-electron chi connectivity index (χ3n) is 4.35. The van der Waals surface area contributed by atoms with E-state index >= 15 is 0 Å². The summed E-state index contributed by atoms with van der Waals surface area (Å²) in [6.07, 6.45) is 9.17. The summed E-state index contributed by atoms with van der Waals surface area (Å²) in [4.78, 5) is 1.43. The number of aryl methyl sites for hydroxylation is 2. The van der Waals surface area contributed by atoms with E-state index in [2.05, 4.69) is 66.2 Å². The third kappa shape index (κ3) is 2.44. The number of allylic oxidation sites excluding steroid dienone is 3. The van der Waals surface area contributed by atoms with E-state index in [-0.39, 0.29) is 0 Å². The Labute approximate surface area is 135 Å². The molecule has 1 aliphatic carbocycles. The molecule has 0 spiro atoms. The van der Waals surface area contributed by atoms with Crippen LogP contribution in [0.25, 0.3) is 11.8 Å². The molecule has 1 aromatic carbocycles. The van der Waals surface area contributed by atoms with Gasteiger partial charge in [0.1, 0.15) is 0 Å². The zero-order valence-corrected chi connectivity index (χ0v) is 13.5. The minimum atomic E-state index is 0.907. The lowest BCUT2D eigenvalue weighted by molar-refractivity contribution is 0.927. The van der Waals surface area contributed by atoms with Crippen LogP contribution in [-0.4, -0.2) is 6.54 Å². The summed E-state index contributed by atoms with van der Waals surface area (Å²) in [5, 5.41) is 5.79. The number of dihydropyridines is 1. The van der Waals surface area contributed by atoms with Crippen molar-refractivity contribution >= 4 is 23.1 Å². The number of rotatable bonds is 2. The average Bonchev–Trinajstić information content (AvgIpc) is 3.02. The average molecular weight is 305 g/mol. The van der Waals surface area contributed by atoms with E-state index in [0.717, 1.165) is 19.4 Å². The van der Waals surface area contributed by atoms with Gasteiger partial charge in [-0.25, -0.2) is 0 Å². The van der Waals surface area contributed by atoms with Gasteiger partial charge in [0.2, 0.25) is 0 Å². The molecule has 1 N–H and O–H groups in total. The largest absolute Gasteiger partial charge is 0.381 e. The Hall–Kier alpha value is -2.06. The van der Waals surface area contributed by atoms with Gasteiger partial charge >= 0.3 is 0 Å². The lowest BCUT2D eigenvalue weighted by Gasteiger charge is -2.23. The number of hydrogen-bond donors (Lipinski definition) is 1. The minimum Gasteiger partial charge on any atom is -0.381 e. The lowest BCUT2D eigenvalue weighted by Crippen LogP contribution is -2.18.